The Balaban J connectivity index is 2.27. The van der Waals surface area contributed by atoms with Crippen molar-refractivity contribution in [2.45, 2.75) is 5.51 Å². The van der Waals surface area contributed by atoms with Crippen LogP contribution in [0.25, 0.3) is 0 Å². The maximum Gasteiger partial charge on any atom is 0.441 e. The lowest BCUT2D eigenvalue weighted by Gasteiger charge is -2.06. The Morgan fingerprint density at radius 2 is 1.88 bits per heavy atom. The van der Waals surface area contributed by atoms with Gasteiger partial charge in [-0.3, -0.25) is 4.79 Å². The number of alkyl halides is 3. The summed E-state index contributed by atoms with van der Waals surface area (Å²) >= 11 is -0.144. The summed E-state index contributed by atoms with van der Waals surface area (Å²) in [5, 5.41) is 2.41. The maximum absolute atomic E-state index is 11.8. The molecule has 0 unspecified atom stereocenters. The molecule has 0 spiro atoms. The average Bonchev–Trinajstić information content (AvgIpc) is 2.24. The van der Waals surface area contributed by atoms with Crippen LogP contribution in [0.3, 0.4) is 0 Å². The third kappa shape index (κ3) is 5.06. The second-order valence-corrected chi connectivity index (χ2v) is 4.08. The van der Waals surface area contributed by atoms with Crippen LogP contribution in [0.2, 0.25) is 0 Å². The maximum atomic E-state index is 11.8. The van der Waals surface area contributed by atoms with E-state index in [-0.39, 0.29) is 30.0 Å². The summed E-state index contributed by atoms with van der Waals surface area (Å²) in [6, 6.07) is 8.35. The Labute approximate surface area is 95.2 Å². The lowest BCUT2D eigenvalue weighted by Crippen LogP contribution is -2.26. The summed E-state index contributed by atoms with van der Waals surface area (Å²) in [5.41, 5.74) is -3.79. The highest BCUT2D eigenvalue weighted by Crippen LogP contribution is 2.29. The van der Waals surface area contributed by atoms with Gasteiger partial charge >= 0.3 is 5.51 Å². The van der Waals surface area contributed by atoms with E-state index in [1.165, 1.54) is 0 Å². The molecule has 0 atom stereocenters. The first-order valence-electron chi connectivity index (χ1n) is 4.53. The number of rotatable bonds is 4. The Kier molecular flexibility index (Phi) is 4.67. The van der Waals surface area contributed by atoms with E-state index >= 15 is 0 Å². The number of benzene rings is 1. The lowest BCUT2D eigenvalue weighted by molar-refractivity contribution is -0.0327. The quantitative estimate of drug-likeness (QED) is 0.831. The minimum Gasteiger partial charge on any atom is -0.351 e. The highest BCUT2D eigenvalue weighted by Gasteiger charge is 2.27. The van der Waals surface area contributed by atoms with E-state index in [0.29, 0.717) is 5.56 Å². The van der Waals surface area contributed by atoms with Crippen LogP contribution in [-0.4, -0.2) is 23.7 Å². The molecule has 1 aromatic carbocycles. The number of hydrogen-bond acceptors (Lipinski definition) is 2. The summed E-state index contributed by atoms with van der Waals surface area (Å²) in [6.45, 7) is -0.00208. The normalized spacial score (nSPS) is 11.2. The smallest absolute Gasteiger partial charge is 0.351 e. The van der Waals surface area contributed by atoms with E-state index in [4.69, 9.17) is 0 Å². The van der Waals surface area contributed by atoms with E-state index in [9.17, 15) is 18.0 Å². The zero-order chi connectivity index (χ0) is 12.0. The molecule has 0 aliphatic carbocycles. The van der Waals surface area contributed by atoms with Crippen molar-refractivity contribution in [1.29, 1.82) is 0 Å². The van der Waals surface area contributed by atoms with Crippen molar-refractivity contribution in [2.24, 2.45) is 0 Å². The van der Waals surface area contributed by atoms with Gasteiger partial charge in [0.2, 0.25) is 0 Å². The van der Waals surface area contributed by atoms with Crippen LogP contribution in [0.1, 0.15) is 10.4 Å². The van der Waals surface area contributed by atoms with Gasteiger partial charge in [0, 0.05) is 17.9 Å². The summed E-state index contributed by atoms with van der Waals surface area (Å²) in [5.74, 6) is -0.536. The Bertz CT molecular complexity index is 340. The molecule has 6 heteroatoms. The lowest BCUT2D eigenvalue weighted by atomic mass is 10.2. The topological polar surface area (TPSA) is 29.1 Å². The fourth-order valence-corrected chi connectivity index (χ4v) is 1.46. The van der Waals surface area contributed by atoms with Crippen LogP contribution in [0.5, 0.6) is 0 Å². The number of halogens is 3. The standard InChI is InChI=1S/C10H10F3NOS/c11-10(12,13)16-7-6-14-9(15)8-4-2-1-3-5-8/h1-5H,6-7H2,(H,14,15). The van der Waals surface area contributed by atoms with E-state index in [2.05, 4.69) is 5.32 Å². The molecule has 88 valence electrons. The number of thioether (sulfide) groups is 1. The molecule has 1 amide bonds. The first kappa shape index (κ1) is 12.9. The van der Waals surface area contributed by atoms with Crippen LogP contribution in [-0.2, 0) is 0 Å². The molecule has 0 saturated carbocycles. The Morgan fingerprint density at radius 3 is 2.44 bits per heavy atom. The number of amides is 1. The zero-order valence-corrected chi connectivity index (χ0v) is 9.07. The molecule has 1 N–H and O–H groups in total. The summed E-state index contributed by atoms with van der Waals surface area (Å²) in [4.78, 5) is 11.4. The summed E-state index contributed by atoms with van der Waals surface area (Å²) in [6.07, 6.45) is 0. The van der Waals surface area contributed by atoms with Gasteiger partial charge in [0.15, 0.2) is 0 Å². The van der Waals surface area contributed by atoms with Crippen molar-refractivity contribution in [3.63, 3.8) is 0 Å². The molecule has 2 nitrogen and oxygen atoms in total. The molecule has 0 aromatic heterocycles. The SMILES string of the molecule is O=C(NCCSC(F)(F)F)c1ccccc1. The van der Waals surface area contributed by atoms with Gasteiger partial charge in [0.25, 0.3) is 5.91 Å². The molecule has 16 heavy (non-hydrogen) atoms. The van der Waals surface area contributed by atoms with E-state index in [1.54, 1.807) is 30.3 Å². The van der Waals surface area contributed by atoms with Crippen LogP contribution < -0.4 is 5.32 Å². The van der Waals surface area contributed by atoms with Crippen molar-refractivity contribution in [2.75, 3.05) is 12.3 Å². The summed E-state index contributed by atoms with van der Waals surface area (Å²) < 4.78 is 35.3. The fourth-order valence-electron chi connectivity index (χ4n) is 1.02. The van der Waals surface area contributed by atoms with E-state index in [0.717, 1.165) is 0 Å². The van der Waals surface area contributed by atoms with Crippen molar-refractivity contribution >= 4 is 17.7 Å². The van der Waals surface area contributed by atoms with Gasteiger partial charge in [0.1, 0.15) is 0 Å². The number of carbonyl (C=O) groups excluding carboxylic acids is 1. The van der Waals surface area contributed by atoms with Crippen molar-refractivity contribution in [1.82, 2.24) is 5.32 Å². The molecule has 0 fully saturated rings. The van der Waals surface area contributed by atoms with Crippen molar-refractivity contribution in [3.8, 4) is 0 Å². The van der Waals surface area contributed by atoms with Crippen LogP contribution in [0, 0.1) is 0 Å². The van der Waals surface area contributed by atoms with E-state index in [1.807, 2.05) is 0 Å². The highest BCUT2D eigenvalue weighted by molar-refractivity contribution is 8.00. The first-order valence-corrected chi connectivity index (χ1v) is 5.51. The Morgan fingerprint density at radius 1 is 1.25 bits per heavy atom. The number of nitrogens with one attached hydrogen (secondary N) is 1. The molecular formula is C10H10F3NOS. The number of hydrogen-bond donors (Lipinski definition) is 1. The zero-order valence-electron chi connectivity index (χ0n) is 8.25. The minimum absolute atomic E-state index is 0.00208. The molecule has 0 aliphatic rings. The molecular weight excluding hydrogens is 239 g/mol. The van der Waals surface area contributed by atoms with Gasteiger partial charge in [0.05, 0.1) is 0 Å². The summed E-state index contributed by atoms with van der Waals surface area (Å²) in [7, 11) is 0. The highest BCUT2D eigenvalue weighted by atomic mass is 32.2. The van der Waals surface area contributed by atoms with E-state index < -0.39 is 5.51 Å². The molecule has 0 saturated heterocycles. The third-order valence-electron chi connectivity index (χ3n) is 1.69. The monoisotopic (exact) mass is 249 g/mol. The first-order chi connectivity index (χ1) is 7.49. The third-order valence-corrected chi connectivity index (χ3v) is 2.42. The van der Waals surface area contributed by atoms with Gasteiger partial charge in [-0.25, -0.2) is 0 Å². The van der Waals surface area contributed by atoms with Crippen LogP contribution in [0.4, 0.5) is 13.2 Å². The Hall–Kier alpha value is -1.17. The van der Waals surface area contributed by atoms with Crippen molar-refractivity contribution in [3.05, 3.63) is 35.9 Å². The molecule has 0 aliphatic heterocycles. The van der Waals surface area contributed by atoms with Gasteiger partial charge in [-0.1, -0.05) is 18.2 Å². The van der Waals surface area contributed by atoms with Crippen molar-refractivity contribution < 1.29 is 18.0 Å². The predicted molar refractivity (Wildman–Crippen MR) is 57.3 cm³/mol. The second-order valence-electron chi connectivity index (χ2n) is 2.92. The van der Waals surface area contributed by atoms with Gasteiger partial charge < -0.3 is 5.32 Å². The molecule has 1 rings (SSSR count). The molecule has 0 bridgehead atoms. The molecule has 0 heterocycles. The van der Waals surface area contributed by atoms with Crippen LogP contribution >= 0.6 is 11.8 Å². The molecule has 1 aromatic rings. The average molecular weight is 249 g/mol. The van der Waals surface area contributed by atoms with Gasteiger partial charge in [-0.05, 0) is 23.9 Å². The minimum atomic E-state index is -4.24. The van der Waals surface area contributed by atoms with Gasteiger partial charge in [-0.2, -0.15) is 13.2 Å². The fraction of sp³-hybridized carbons (Fsp3) is 0.300. The van der Waals surface area contributed by atoms with Gasteiger partial charge in [-0.15, -0.1) is 0 Å². The predicted octanol–water partition coefficient (Wildman–Crippen LogP) is 2.67. The van der Waals surface area contributed by atoms with Crippen LogP contribution in [0.15, 0.2) is 30.3 Å². The number of carbonyl (C=O) groups is 1. The largest absolute Gasteiger partial charge is 0.441 e. The molecule has 0 radical (unpaired) electrons. The second kappa shape index (κ2) is 5.79.